The fraction of sp³-hybridized carbons (Fsp3) is 1.00. The lowest BCUT2D eigenvalue weighted by Crippen LogP contribution is -2.18. The summed E-state index contributed by atoms with van der Waals surface area (Å²) in [5.41, 5.74) is 0. The minimum Gasteiger partial charge on any atom is -0.309 e. The van der Waals surface area contributed by atoms with Crippen LogP contribution in [0.4, 0.5) is 26.3 Å². The maximum atomic E-state index is 12.1. The Balaban J connectivity index is 5.41. The van der Waals surface area contributed by atoms with Crippen molar-refractivity contribution in [3.05, 3.63) is 0 Å². The first-order chi connectivity index (χ1) is 6.49. The van der Waals surface area contributed by atoms with Gasteiger partial charge in [0.1, 0.15) is 0 Å². The van der Waals surface area contributed by atoms with E-state index in [0.717, 1.165) is 0 Å². The van der Waals surface area contributed by atoms with E-state index in [0.29, 0.717) is 14.2 Å². The van der Waals surface area contributed by atoms with Crippen LogP contribution in [0.1, 0.15) is 0 Å². The minimum atomic E-state index is -5.69. The quantitative estimate of drug-likeness (QED) is 0.580. The van der Waals surface area contributed by atoms with Gasteiger partial charge in [-0.15, -0.1) is 0 Å². The van der Waals surface area contributed by atoms with Crippen molar-refractivity contribution in [3.63, 3.8) is 0 Å². The Morgan fingerprint density at radius 1 is 0.933 bits per heavy atom. The highest BCUT2D eigenvalue weighted by atomic mass is 32.1. The van der Waals surface area contributed by atoms with Crippen LogP contribution in [0.15, 0.2) is 0 Å². The van der Waals surface area contributed by atoms with Crippen molar-refractivity contribution in [1.82, 2.24) is 0 Å². The molecule has 0 aliphatic rings. The predicted molar refractivity (Wildman–Crippen MR) is 40.7 cm³/mol. The van der Waals surface area contributed by atoms with E-state index in [9.17, 15) is 30.9 Å². The van der Waals surface area contributed by atoms with E-state index in [1.165, 1.54) is 0 Å². The van der Waals surface area contributed by atoms with Crippen molar-refractivity contribution in [2.75, 3.05) is 14.2 Å². The normalized spacial score (nSPS) is 14.7. The first kappa shape index (κ1) is 15.2. The van der Waals surface area contributed by atoms with Gasteiger partial charge >= 0.3 is 19.1 Å². The average molecular weight is 278 g/mol. The summed E-state index contributed by atoms with van der Waals surface area (Å²) in [6.07, 6.45) is 0. The van der Waals surface area contributed by atoms with Gasteiger partial charge in [0.25, 0.3) is 0 Å². The van der Waals surface area contributed by atoms with Gasteiger partial charge in [0.2, 0.25) is 7.61 Å². The second kappa shape index (κ2) is 4.57. The third kappa shape index (κ3) is 3.59. The fourth-order valence-corrected chi connectivity index (χ4v) is 4.62. The molecule has 0 N–H and O–H groups in total. The third-order valence-corrected chi connectivity index (χ3v) is 7.37. The van der Waals surface area contributed by atoms with Gasteiger partial charge in [0.05, 0.1) is 0 Å². The summed E-state index contributed by atoms with van der Waals surface area (Å²) in [7, 11) is -9.16. The van der Waals surface area contributed by atoms with E-state index in [1.54, 1.807) is 0 Å². The highest BCUT2D eigenvalue weighted by Gasteiger charge is 2.67. The Morgan fingerprint density at radius 2 is 1.20 bits per heavy atom. The lowest BCUT2D eigenvalue weighted by Gasteiger charge is -2.27. The molecule has 92 valence electrons. The Kier molecular flexibility index (Phi) is 4.62. The SMILES string of the molecule is COP(=O)(OC)P(C(F)(F)F)C(F)(F)F. The Bertz CT molecular complexity index is 238. The van der Waals surface area contributed by atoms with Crippen LogP contribution in [0.25, 0.3) is 0 Å². The van der Waals surface area contributed by atoms with Crippen molar-refractivity contribution < 1.29 is 40.0 Å². The Hall–Kier alpha value is 0.160. The van der Waals surface area contributed by atoms with Crippen molar-refractivity contribution in [2.24, 2.45) is 0 Å². The lowest BCUT2D eigenvalue weighted by atomic mass is 11.5. The standard InChI is InChI=1S/C4H6F6O3P2/c1-12-15(11,13-2)14(3(5,6)7)4(8,9)10/h1-2H3. The van der Waals surface area contributed by atoms with Gasteiger partial charge in [-0.05, 0) is 0 Å². The van der Waals surface area contributed by atoms with Gasteiger partial charge in [-0.3, -0.25) is 4.57 Å². The Labute approximate surface area is 81.9 Å². The molecule has 0 aromatic rings. The number of hydrogen-bond donors (Lipinski definition) is 0. The topological polar surface area (TPSA) is 35.5 Å². The maximum absolute atomic E-state index is 12.1. The molecular weight excluding hydrogens is 272 g/mol. The molecule has 0 aromatic heterocycles. The van der Waals surface area contributed by atoms with E-state index < -0.39 is 26.7 Å². The monoisotopic (exact) mass is 278 g/mol. The molecule has 0 heterocycles. The van der Waals surface area contributed by atoms with E-state index in [2.05, 4.69) is 9.05 Å². The van der Waals surface area contributed by atoms with Crippen LogP contribution in [-0.2, 0) is 13.6 Å². The lowest BCUT2D eigenvalue weighted by molar-refractivity contribution is -0.0808. The van der Waals surface area contributed by atoms with Crippen molar-refractivity contribution in [2.45, 2.75) is 11.8 Å². The molecule has 0 spiro atoms. The molecule has 0 aromatic carbocycles. The summed E-state index contributed by atoms with van der Waals surface area (Å²) in [6, 6.07) is 0. The molecule has 0 aliphatic heterocycles. The average Bonchev–Trinajstić information content (AvgIpc) is 1.98. The van der Waals surface area contributed by atoms with Crippen LogP contribution in [0.2, 0.25) is 0 Å². The zero-order valence-corrected chi connectivity index (χ0v) is 9.18. The zero-order chi connectivity index (χ0) is 12.5. The molecule has 0 radical (unpaired) electrons. The molecule has 0 fully saturated rings. The maximum Gasteiger partial charge on any atom is 0.425 e. The van der Waals surface area contributed by atoms with Crippen LogP contribution < -0.4 is 0 Å². The molecule has 0 saturated heterocycles. The van der Waals surface area contributed by atoms with E-state index in [4.69, 9.17) is 0 Å². The van der Waals surface area contributed by atoms with Gasteiger partial charge < -0.3 is 9.05 Å². The molecule has 0 bridgehead atoms. The van der Waals surface area contributed by atoms with Crippen molar-refractivity contribution in [1.29, 1.82) is 0 Å². The molecule has 0 amide bonds. The molecular formula is C4H6F6O3P2. The number of halogens is 6. The molecule has 15 heavy (non-hydrogen) atoms. The summed E-state index contributed by atoms with van der Waals surface area (Å²) in [5.74, 6) is -11.4. The smallest absolute Gasteiger partial charge is 0.309 e. The van der Waals surface area contributed by atoms with Gasteiger partial charge in [0.15, 0.2) is 0 Å². The van der Waals surface area contributed by atoms with E-state index in [1.807, 2.05) is 0 Å². The van der Waals surface area contributed by atoms with E-state index >= 15 is 0 Å². The van der Waals surface area contributed by atoms with Gasteiger partial charge in [-0.1, -0.05) is 0 Å². The summed E-state index contributed by atoms with van der Waals surface area (Å²) < 4.78 is 90.9. The summed E-state index contributed by atoms with van der Waals surface area (Å²) in [4.78, 5) is 0. The highest BCUT2D eigenvalue weighted by molar-refractivity contribution is 8.29. The number of alkyl halides is 6. The summed E-state index contributed by atoms with van der Waals surface area (Å²) in [5, 5.41) is 0. The fourth-order valence-electron chi connectivity index (χ4n) is 0.659. The molecule has 0 saturated carbocycles. The zero-order valence-electron chi connectivity index (χ0n) is 7.39. The highest BCUT2D eigenvalue weighted by Crippen LogP contribution is 2.88. The van der Waals surface area contributed by atoms with Crippen LogP contribution in [-0.4, -0.2) is 26.1 Å². The van der Waals surface area contributed by atoms with Crippen molar-refractivity contribution in [3.8, 4) is 0 Å². The van der Waals surface area contributed by atoms with Gasteiger partial charge in [0, 0.05) is 14.2 Å². The second-order valence-corrected chi connectivity index (χ2v) is 8.06. The van der Waals surface area contributed by atoms with Crippen molar-refractivity contribution >= 4 is 14.9 Å². The predicted octanol–water partition coefficient (Wildman–Crippen LogP) is 3.91. The van der Waals surface area contributed by atoms with Gasteiger partial charge in [-0.25, -0.2) is 0 Å². The van der Waals surface area contributed by atoms with Crippen LogP contribution in [0.5, 0.6) is 0 Å². The number of rotatable bonds is 3. The molecule has 0 atom stereocenters. The number of hydrogen-bond acceptors (Lipinski definition) is 3. The van der Waals surface area contributed by atoms with Crippen LogP contribution in [0, 0.1) is 0 Å². The van der Waals surface area contributed by atoms with Crippen LogP contribution >= 0.6 is 14.9 Å². The molecule has 0 rings (SSSR count). The molecule has 3 nitrogen and oxygen atoms in total. The molecule has 0 unspecified atom stereocenters. The largest absolute Gasteiger partial charge is 0.425 e. The van der Waals surface area contributed by atoms with Gasteiger partial charge in [-0.2, -0.15) is 26.3 Å². The molecule has 0 aliphatic carbocycles. The Morgan fingerprint density at radius 3 is 1.27 bits per heavy atom. The second-order valence-electron chi connectivity index (χ2n) is 2.08. The molecule has 11 heteroatoms. The third-order valence-electron chi connectivity index (χ3n) is 1.19. The first-order valence-corrected chi connectivity index (χ1v) is 6.74. The minimum absolute atomic E-state index is 0.469. The summed E-state index contributed by atoms with van der Waals surface area (Å²) in [6.45, 7) is 0. The first-order valence-electron chi connectivity index (χ1n) is 3.15. The van der Waals surface area contributed by atoms with Crippen LogP contribution in [0.3, 0.4) is 0 Å². The van der Waals surface area contributed by atoms with E-state index in [-0.39, 0.29) is 0 Å². The summed E-state index contributed by atoms with van der Waals surface area (Å²) >= 11 is 0.